The minimum atomic E-state index is 0.246. The van der Waals surface area contributed by atoms with Crippen LogP contribution in [0, 0.1) is 0 Å². The summed E-state index contributed by atoms with van der Waals surface area (Å²) in [7, 11) is 3.72. The number of methoxy groups -OCH3 is 1. The second-order valence-electron chi connectivity index (χ2n) is 3.73. The Morgan fingerprint density at radius 2 is 2.18 bits per heavy atom. The fraction of sp³-hybridized carbons (Fsp3) is 0.385. The van der Waals surface area contributed by atoms with E-state index in [1.165, 1.54) is 14.6 Å². The Labute approximate surface area is 110 Å². The maximum atomic E-state index is 5.40. The van der Waals surface area contributed by atoms with Gasteiger partial charge in [0.15, 0.2) is 0 Å². The molecule has 0 amide bonds. The van der Waals surface area contributed by atoms with E-state index in [0.717, 1.165) is 12.2 Å². The van der Waals surface area contributed by atoms with Gasteiger partial charge >= 0.3 is 0 Å². The van der Waals surface area contributed by atoms with Crippen molar-refractivity contribution in [2.45, 2.75) is 19.4 Å². The van der Waals surface area contributed by atoms with Crippen molar-refractivity contribution in [1.82, 2.24) is 5.32 Å². The van der Waals surface area contributed by atoms with Gasteiger partial charge in [0.2, 0.25) is 0 Å². The lowest BCUT2D eigenvalue weighted by Crippen LogP contribution is -2.15. The highest BCUT2D eigenvalue weighted by Gasteiger charge is 2.19. The summed E-state index contributed by atoms with van der Waals surface area (Å²) in [6.07, 6.45) is 1.10. The lowest BCUT2D eigenvalue weighted by molar-refractivity contribution is 0.409. The van der Waals surface area contributed by atoms with E-state index in [1.807, 2.05) is 24.5 Å². The Bertz CT molecular complexity index is 475. The molecule has 2 aromatic heterocycles. The van der Waals surface area contributed by atoms with Crippen LogP contribution in [-0.4, -0.2) is 14.2 Å². The van der Waals surface area contributed by atoms with Gasteiger partial charge in [-0.3, -0.25) is 0 Å². The molecule has 0 aliphatic rings. The molecule has 0 aliphatic heterocycles. The highest BCUT2D eigenvalue weighted by molar-refractivity contribution is 7.13. The summed E-state index contributed by atoms with van der Waals surface area (Å²) < 4.78 is 5.40. The van der Waals surface area contributed by atoms with Crippen LogP contribution in [0.2, 0.25) is 0 Å². The summed E-state index contributed by atoms with van der Waals surface area (Å²) in [5.74, 6) is 0.973. The summed E-state index contributed by atoms with van der Waals surface area (Å²) in [5, 5.41) is 5.45. The van der Waals surface area contributed by atoms with Crippen molar-refractivity contribution in [2.75, 3.05) is 14.2 Å². The molecule has 2 rings (SSSR count). The Morgan fingerprint density at radius 3 is 2.76 bits per heavy atom. The van der Waals surface area contributed by atoms with Gasteiger partial charge in [-0.25, -0.2) is 0 Å². The van der Waals surface area contributed by atoms with E-state index in [2.05, 4.69) is 29.8 Å². The second-order valence-corrected chi connectivity index (χ2v) is 5.88. The lowest BCUT2D eigenvalue weighted by Gasteiger charge is -2.14. The van der Waals surface area contributed by atoms with Crippen LogP contribution in [0.25, 0.3) is 0 Å². The highest BCUT2D eigenvalue weighted by atomic mass is 32.1. The van der Waals surface area contributed by atoms with Gasteiger partial charge < -0.3 is 10.1 Å². The summed E-state index contributed by atoms with van der Waals surface area (Å²) in [6.45, 7) is 2.19. The largest absolute Gasteiger partial charge is 0.496 e. The van der Waals surface area contributed by atoms with Gasteiger partial charge in [-0.2, -0.15) is 0 Å². The van der Waals surface area contributed by atoms with Crippen LogP contribution in [0.1, 0.15) is 27.6 Å². The second kappa shape index (κ2) is 5.67. The summed E-state index contributed by atoms with van der Waals surface area (Å²) in [4.78, 5) is 4.03. The van der Waals surface area contributed by atoms with E-state index >= 15 is 0 Å². The zero-order chi connectivity index (χ0) is 12.3. The molecule has 4 heteroatoms. The molecule has 0 saturated heterocycles. The van der Waals surface area contributed by atoms with Crippen LogP contribution in [-0.2, 0) is 6.42 Å². The molecule has 1 N–H and O–H groups in total. The minimum absolute atomic E-state index is 0.246. The van der Waals surface area contributed by atoms with Gasteiger partial charge in [0.1, 0.15) is 5.75 Å². The third kappa shape index (κ3) is 2.54. The molecule has 2 heterocycles. The van der Waals surface area contributed by atoms with E-state index in [9.17, 15) is 0 Å². The minimum Gasteiger partial charge on any atom is -0.496 e. The zero-order valence-corrected chi connectivity index (χ0v) is 12.0. The third-order valence-electron chi connectivity index (χ3n) is 2.74. The quantitative estimate of drug-likeness (QED) is 0.892. The molecule has 1 atom stereocenters. The average molecular weight is 267 g/mol. The molecule has 0 aromatic carbocycles. The Morgan fingerprint density at radius 1 is 1.35 bits per heavy atom. The number of hydrogen-bond donors (Lipinski definition) is 1. The number of ether oxygens (including phenoxy) is 1. The maximum absolute atomic E-state index is 5.40. The highest BCUT2D eigenvalue weighted by Crippen LogP contribution is 2.37. The molecule has 0 radical (unpaired) electrons. The van der Waals surface area contributed by atoms with E-state index in [-0.39, 0.29) is 6.04 Å². The molecule has 1 unspecified atom stereocenters. The van der Waals surface area contributed by atoms with Gasteiger partial charge in [0.25, 0.3) is 0 Å². The zero-order valence-electron chi connectivity index (χ0n) is 10.3. The van der Waals surface area contributed by atoms with Crippen molar-refractivity contribution in [2.24, 2.45) is 0 Å². The number of nitrogens with one attached hydrogen (secondary N) is 1. The predicted molar refractivity (Wildman–Crippen MR) is 75.5 cm³/mol. The van der Waals surface area contributed by atoms with E-state index in [4.69, 9.17) is 4.74 Å². The maximum Gasteiger partial charge on any atom is 0.134 e. The van der Waals surface area contributed by atoms with Gasteiger partial charge in [0, 0.05) is 9.75 Å². The normalized spacial score (nSPS) is 12.6. The van der Waals surface area contributed by atoms with Gasteiger partial charge in [-0.15, -0.1) is 22.7 Å². The van der Waals surface area contributed by atoms with Crippen LogP contribution in [0.4, 0.5) is 0 Å². The van der Waals surface area contributed by atoms with Crippen molar-refractivity contribution in [3.05, 3.63) is 38.2 Å². The SMILES string of the molecule is CCc1ccc(C(NC)c2sccc2OC)s1. The first-order valence-corrected chi connectivity index (χ1v) is 7.37. The van der Waals surface area contributed by atoms with Crippen LogP contribution < -0.4 is 10.1 Å². The summed E-state index contributed by atoms with van der Waals surface area (Å²) in [6, 6.07) is 6.70. The number of aryl methyl sites for hydroxylation is 1. The van der Waals surface area contributed by atoms with Crippen LogP contribution in [0.3, 0.4) is 0 Å². The van der Waals surface area contributed by atoms with Gasteiger partial charge in [-0.1, -0.05) is 6.92 Å². The van der Waals surface area contributed by atoms with Crippen LogP contribution in [0.15, 0.2) is 23.6 Å². The fourth-order valence-corrected chi connectivity index (χ4v) is 3.96. The first-order valence-electron chi connectivity index (χ1n) is 5.67. The Kier molecular flexibility index (Phi) is 4.20. The number of thiophene rings is 2. The molecule has 0 spiro atoms. The van der Waals surface area contributed by atoms with Crippen molar-refractivity contribution < 1.29 is 4.74 Å². The average Bonchev–Trinajstić information content (AvgIpc) is 2.99. The van der Waals surface area contributed by atoms with Crippen molar-refractivity contribution >= 4 is 22.7 Å². The molecule has 0 fully saturated rings. The van der Waals surface area contributed by atoms with E-state index in [0.29, 0.717) is 0 Å². The first-order chi connectivity index (χ1) is 8.30. The molecule has 92 valence electrons. The number of rotatable bonds is 5. The summed E-state index contributed by atoms with van der Waals surface area (Å²) in [5.41, 5.74) is 0. The smallest absolute Gasteiger partial charge is 0.134 e. The molecule has 2 nitrogen and oxygen atoms in total. The molecular formula is C13H17NOS2. The predicted octanol–water partition coefficient (Wildman–Crippen LogP) is 3.69. The lowest BCUT2D eigenvalue weighted by atomic mass is 10.2. The molecule has 2 aromatic rings. The molecule has 0 aliphatic carbocycles. The Balaban J connectivity index is 2.33. The summed E-state index contributed by atoms with van der Waals surface area (Å²) >= 11 is 3.61. The third-order valence-corrected chi connectivity index (χ3v) is 5.00. The van der Waals surface area contributed by atoms with Gasteiger partial charge in [0.05, 0.1) is 18.0 Å². The molecule has 17 heavy (non-hydrogen) atoms. The van der Waals surface area contributed by atoms with E-state index < -0.39 is 0 Å². The van der Waals surface area contributed by atoms with Crippen LogP contribution >= 0.6 is 22.7 Å². The van der Waals surface area contributed by atoms with Crippen molar-refractivity contribution in [1.29, 1.82) is 0 Å². The van der Waals surface area contributed by atoms with E-state index in [1.54, 1.807) is 18.4 Å². The monoisotopic (exact) mass is 267 g/mol. The van der Waals surface area contributed by atoms with Crippen molar-refractivity contribution in [3.63, 3.8) is 0 Å². The molecular weight excluding hydrogens is 250 g/mol. The number of hydrogen-bond acceptors (Lipinski definition) is 4. The first kappa shape index (κ1) is 12.6. The topological polar surface area (TPSA) is 21.3 Å². The standard InChI is InChI=1S/C13H17NOS2/c1-4-9-5-6-11(17-9)12(14-2)13-10(15-3)7-8-16-13/h5-8,12,14H,4H2,1-3H3. The van der Waals surface area contributed by atoms with Gasteiger partial charge in [-0.05, 0) is 37.0 Å². The molecule has 0 saturated carbocycles. The molecule has 0 bridgehead atoms. The van der Waals surface area contributed by atoms with Crippen LogP contribution in [0.5, 0.6) is 5.75 Å². The fourth-order valence-electron chi connectivity index (χ4n) is 1.83. The van der Waals surface area contributed by atoms with Crippen molar-refractivity contribution in [3.8, 4) is 5.75 Å². The Hall–Kier alpha value is -0.840.